The third kappa shape index (κ3) is 3.99. The van der Waals surface area contributed by atoms with E-state index < -0.39 is 11.1 Å². The van der Waals surface area contributed by atoms with E-state index in [4.69, 9.17) is 5.26 Å². The van der Waals surface area contributed by atoms with Crippen LogP contribution in [0.25, 0.3) is 6.08 Å². The number of Topliss-reactive ketones (excluding diaryl/α,β-unsaturated/α-hetero) is 1. The molecule has 0 unspecified atom stereocenters. The van der Waals surface area contributed by atoms with Gasteiger partial charge in [0.25, 0.3) is 11.1 Å². The van der Waals surface area contributed by atoms with Crippen LogP contribution in [0.5, 0.6) is 0 Å². The first kappa shape index (κ1) is 18.6. The zero-order valence-corrected chi connectivity index (χ0v) is 15.7. The second-order valence-corrected chi connectivity index (χ2v) is 7.23. The van der Waals surface area contributed by atoms with Crippen LogP contribution in [0.4, 0.5) is 4.79 Å². The Labute approximate surface area is 161 Å². The number of ketones is 1. The van der Waals surface area contributed by atoms with Crippen LogP contribution in [0, 0.1) is 25.2 Å². The molecule has 3 rings (SSSR count). The molecule has 5 nitrogen and oxygen atoms in total. The minimum atomic E-state index is -0.466. The van der Waals surface area contributed by atoms with Gasteiger partial charge in [-0.25, -0.2) is 0 Å². The maximum atomic E-state index is 12.6. The summed E-state index contributed by atoms with van der Waals surface area (Å²) in [7, 11) is 0. The molecule has 1 aliphatic rings. The van der Waals surface area contributed by atoms with Crippen LogP contribution in [0.1, 0.15) is 32.6 Å². The number of carbonyl (C=O) groups excluding carboxylic acids is 3. The number of imide groups is 1. The van der Waals surface area contributed by atoms with Crippen LogP contribution in [-0.2, 0) is 4.79 Å². The van der Waals surface area contributed by atoms with Crippen molar-refractivity contribution in [3.05, 3.63) is 75.2 Å². The standard InChI is InChI=1S/C21H16N2O3S/c1-13-3-6-17(14(2)9-13)10-19-20(25)23(21(26)27-19)12-18(24)16-7-4-15(11-22)5-8-16/h3-10H,12H2,1-2H3. The van der Waals surface area contributed by atoms with Gasteiger partial charge in [-0.1, -0.05) is 35.9 Å². The molecule has 0 spiro atoms. The summed E-state index contributed by atoms with van der Waals surface area (Å²) in [5, 5.41) is 8.35. The van der Waals surface area contributed by atoms with Crippen molar-refractivity contribution in [3.63, 3.8) is 0 Å². The van der Waals surface area contributed by atoms with Crippen molar-refractivity contribution in [3.8, 4) is 6.07 Å². The summed E-state index contributed by atoms with van der Waals surface area (Å²) in [6.07, 6.45) is 1.69. The van der Waals surface area contributed by atoms with E-state index in [-0.39, 0.29) is 12.3 Å². The van der Waals surface area contributed by atoms with Crippen LogP contribution < -0.4 is 0 Å². The average Bonchev–Trinajstić information content (AvgIpc) is 2.91. The highest BCUT2D eigenvalue weighted by molar-refractivity contribution is 8.18. The minimum absolute atomic E-state index is 0.305. The first-order valence-corrected chi connectivity index (χ1v) is 9.06. The summed E-state index contributed by atoms with van der Waals surface area (Å²) in [5.74, 6) is -0.818. The number of amides is 2. The molecule has 0 bridgehead atoms. The van der Waals surface area contributed by atoms with E-state index >= 15 is 0 Å². The van der Waals surface area contributed by atoms with Crippen molar-refractivity contribution in [1.82, 2.24) is 4.90 Å². The van der Waals surface area contributed by atoms with Gasteiger partial charge in [0, 0.05) is 5.56 Å². The lowest BCUT2D eigenvalue weighted by molar-refractivity contribution is -0.122. The average molecular weight is 376 g/mol. The first-order valence-electron chi connectivity index (χ1n) is 8.25. The van der Waals surface area contributed by atoms with Gasteiger partial charge in [-0.2, -0.15) is 5.26 Å². The van der Waals surface area contributed by atoms with Gasteiger partial charge < -0.3 is 0 Å². The van der Waals surface area contributed by atoms with Crippen molar-refractivity contribution in [2.45, 2.75) is 13.8 Å². The minimum Gasteiger partial charge on any atom is -0.292 e. The normalized spacial score (nSPS) is 15.3. The summed E-state index contributed by atoms with van der Waals surface area (Å²) in [4.78, 5) is 38.5. The lowest BCUT2D eigenvalue weighted by Crippen LogP contribution is -2.33. The van der Waals surface area contributed by atoms with Gasteiger partial charge in [0.2, 0.25) is 0 Å². The maximum absolute atomic E-state index is 12.6. The van der Waals surface area contributed by atoms with Crippen molar-refractivity contribution in [1.29, 1.82) is 5.26 Å². The number of nitriles is 1. The van der Waals surface area contributed by atoms with E-state index in [1.165, 1.54) is 24.3 Å². The van der Waals surface area contributed by atoms with Crippen molar-refractivity contribution in [2.75, 3.05) is 6.54 Å². The molecule has 0 aliphatic carbocycles. The van der Waals surface area contributed by atoms with Crippen LogP contribution in [0.2, 0.25) is 0 Å². The number of hydrogen-bond donors (Lipinski definition) is 0. The van der Waals surface area contributed by atoms with Crippen LogP contribution >= 0.6 is 11.8 Å². The fraction of sp³-hybridized carbons (Fsp3) is 0.143. The Kier molecular flexibility index (Phi) is 5.24. The fourth-order valence-corrected chi connectivity index (χ4v) is 3.56. The first-order chi connectivity index (χ1) is 12.9. The van der Waals surface area contributed by atoms with Gasteiger partial charge in [0.1, 0.15) is 0 Å². The van der Waals surface area contributed by atoms with E-state index in [1.54, 1.807) is 6.08 Å². The summed E-state index contributed by atoms with van der Waals surface area (Å²) in [5.41, 5.74) is 3.78. The Morgan fingerprint density at radius 3 is 2.48 bits per heavy atom. The lowest BCUT2D eigenvalue weighted by atomic mass is 10.1. The third-order valence-corrected chi connectivity index (χ3v) is 5.13. The van der Waals surface area contributed by atoms with Crippen molar-refractivity contribution >= 4 is 34.8 Å². The van der Waals surface area contributed by atoms with Gasteiger partial charge in [0.15, 0.2) is 5.78 Å². The Morgan fingerprint density at radius 1 is 1.15 bits per heavy atom. The molecule has 1 heterocycles. The zero-order valence-electron chi connectivity index (χ0n) is 14.9. The van der Waals surface area contributed by atoms with Gasteiger partial charge >= 0.3 is 0 Å². The summed E-state index contributed by atoms with van der Waals surface area (Å²) in [6.45, 7) is 3.61. The quantitative estimate of drug-likeness (QED) is 0.593. The topological polar surface area (TPSA) is 78.2 Å². The molecule has 1 aliphatic heterocycles. The molecular weight excluding hydrogens is 360 g/mol. The third-order valence-electron chi connectivity index (χ3n) is 4.22. The summed E-state index contributed by atoms with van der Waals surface area (Å²) in [6, 6.07) is 13.9. The highest BCUT2D eigenvalue weighted by atomic mass is 32.2. The molecule has 1 fully saturated rings. The molecule has 6 heteroatoms. The predicted octanol–water partition coefficient (Wildman–Crippen LogP) is 4.09. The smallest absolute Gasteiger partial charge is 0.292 e. The molecule has 2 aromatic rings. The van der Waals surface area contributed by atoms with Crippen LogP contribution in [0.3, 0.4) is 0 Å². The molecule has 0 N–H and O–H groups in total. The fourth-order valence-electron chi connectivity index (χ4n) is 2.73. The highest BCUT2D eigenvalue weighted by Crippen LogP contribution is 2.32. The van der Waals surface area contributed by atoms with Crippen molar-refractivity contribution in [2.24, 2.45) is 0 Å². The number of rotatable bonds is 4. The van der Waals surface area contributed by atoms with Crippen LogP contribution in [0.15, 0.2) is 47.4 Å². The molecule has 1 saturated heterocycles. The van der Waals surface area contributed by atoms with Crippen LogP contribution in [-0.4, -0.2) is 28.4 Å². The molecule has 0 aromatic heterocycles. The molecular formula is C21H16N2O3S. The second kappa shape index (κ2) is 7.60. The SMILES string of the molecule is Cc1ccc(C=C2SC(=O)N(CC(=O)c3ccc(C#N)cc3)C2=O)c(C)c1. The Hall–Kier alpha value is -3.17. The van der Waals surface area contributed by atoms with Gasteiger partial charge in [-0.05, 0) is 54.9 Å². The molecule has 27 heavy (non-hydrogen) atoms. The number of nitrogens with zero attached hydrogens (tertiary/aromatic N) is 2. The van der Waals surface area contributed by atoms with E-state index in [2.05, 4.69) is 0 Å². The monoisotopic (exact) mass is 376 g/mol. The van der Waals surface area contributed by atoms with Gasteiger partial charge in [-0.3, -0.25) is 19.3 Å². The Bertz CT molecular complexity index is 1020. The molecule has 0 saturated carbocycles. The molecule has 2 amide bonds. The molecule has 0 radical (unpaired) electrons. The molecule has 0 atom stereocenters. The highest BCUT2D eigenvalue weighted by Gasteiger charge is 2.36. The van der Waals surface area contributed by atoms with Gasteiger partial charge in [0.05, 0.1) is 23.1 Å². The number of benzene rings is 2. The Morgan fingerprint density at radius 2 is 1.85 bits per heavy atom. The van der Waals surface area contributed by atoms with E-state index in [1.807, 2.05) is 38.1 Å². The number of aryl methyl sites for hydroxylation is 2. The number of hydrogen-bond acceptors (Lipinski definition) is 5. The predicted molar refractivity (Wildman–Crippen MR) is 104 cm³/mol. The molecule has 134 valence electrons. The maximum Gasteiger partial charge on any atom is 0.293 e. The Balaban J connectivity index is 1.78. The van der Waals surface area contributed by atoms with Crippen molar-refractivity contribution < 1.29 is 14.4 Å². The zero-order chi connectivity index (χ0) is 19.6. The van der Waals surface area contributed by atoms with E-state index in [9.17, 15) is 14.4 Å². The summed E-state index contributed by atoms with van der Waals surface area (Å²) < 4.78 is 0. The largest absolute Gasteiger partial charge is 0.293 e. The van der Waals surface area contributed by atoms with E-state index in [0.29, 0.717) is 16.0 Å². The summed E-state index contributed by atoms with van der Waals surface area (Å²) >= 11 is 0.836. The number of carbonyl (C=O) groups is 3. The van der Waals surface area contributed by atoms with Gasteiger partial charge in [-0.15, -0.1) is 0 Å². The number of thioether (sulfide) groups is 1. The lowest BCUT2D eigenvalue weighted by Gasteiger charge is -2.11. The second-order valence-electron chi connectivity index (χ2n) is 6.24. The van der Waals surface area contributed by atoms with E-state index in [0.717, 1.165) is 33.4 Å². The molecule has 2 aromatic carbocycles.